The molecule has 0 aliphatic rings. The molecule has 3 aromatic carbocycles. The Balaban J connectivity index is 1.93. The Hall–Kier alpha value is -4.47. The molecule has 0 unspecified atom stereocenters. The number of benzene rings is 3. The van der Waals surface area contributed by atoms with Crippen LogP contribution in [0.1, 0.15) is 35.5 Å². The molecule has 38 heavy (non-hydrogen) atoms. The number of fused-ring (bicyclic) bond motifs is 1. The Bertz CT molecular complexity index is 1540. The zero-order valence-electron chi connectivity index (χ0n) is 20.9. The molecule has 0 fully saturated rings. The molecule has 0 aliphatic heterocycles. The van der Waals surface area contributed by atoms with Crippen molar-refractivity contribution in [1.29, 1.82) is 0 Å². The summed E-state index contributed by atoms with van der Waals surface area (Å²) in [5, 5.41) is 9.83. The van der Waals surface area contributed by atoms with Crippen LogP contribution in [0.4, 0.5) is 13.2 Å². The van der Waals surface area contributed by atoms with Crippen molar-refractivity contribution in [3.8, 4) is 22.9 Å². The van der Waals surface area contributed by atoms with E-state index >= 15 is 0 Å². The molecule has 1 N–H and O–H groups in total. The lowest BCUT2D eigenvalue weighted by molar-refractivity contribution is -0.274. The zero-order valence-corrected chi connectivity index (χ0v) is 20.9. The average Bonchev–Trinajstić information content (AvgIpc) is 3.13. The maximum absolute atomic E-state index is 13.7. The molecule has 1 heterocycles. The first-order chi connectivity index (χ1) is 17.8. The van der Waals surface area contributed by atoms with Gasteiger partial charge in [-0.3, -0.25) is 4.79 Å². The molecule has 0 amide bonds. The quantitative estimate of drug-likeness (QED) is 0.270. The van der Waals surface area contributed by atoms with Gasteiger partial charge in [0.05, 0.1) is 18.2 Å². The third-order valence-electron chi connectivity index (χ3n) is 5.93. The Morgan fingerprint density at radius 1 is 0.868 bits per heavy atom. The molecule has 0 radical (unpaired) electrons. The third-order valence-corrected chi connectivity index (χ3v) is 5.93. The smallest absolute Gasteiger partial charge is 0.497 e. The number of alkyl halides is 3. The summed E-state index contributed by atoms with van der Waals surface area (Å²) in [4.78, 5) is 25.2. The van der Waals surface area contributed by atoms with E-state index in [1.54, 1.807) is 60.0 Å². The van der Waals surface area contributed by atoms with Crippen molar-refractivity contribution in [2.75, 3.05) is 7.11 Å². The molecular formula is C28H24F3NO6. The molecule has 0 saturated carbocycles. The van der Waals surface area contributed by atoms with Crippen LogP contribution in [0.15, 0.2) is 66.7 Å². The Kier molecular flexibility index (Phi) is 6.84. The van der Waals surface area contributed by atoms with Gasteiger partial charge in [0.25, 0.3) is 0 Å². The lowest BCUT2D eigenvalue weighted by atomic mass is 10.00. The van der Waals surface area contributed by atoms with Gasteiger partial charge in [-0.05, 0) is 57.2 Å². The van der Waals surface area contributed by atoms with Crippen molar-refractivity contribution in [2.24, 2.45) is 0 Å². The summed E-state index contributed by atoms with van der Waals surface area (Å²) in [6, 6.07) is 16.7. The van der Waals surface area contributed by atoms with E-state index < -0.39 is 23.7 Å². The van der Waals surface area contributed by atoms with Crippen LogP contribution < -0.4 is 14.2 Å². The Morgan fingerprint density at radius 2 is 1.53 bits per heavy atom. The number of methoxy groups -OCH3 is 1. The molecule has 198 valence electrons. The largest absolute Gasteiger partial charge is 0.573 e. The molecule has 0 aliphatic carbocycles. The van der Waals surface area contributed by atoms with Gasteiger partial charge in [0.15, 0.2) is 11.4 Å². The van der Waals surface area contributed by atoms with Gasteiger partial charge in [0.2, 0.25) is 0 Å². The van der Waals surface area contributed by atoms with E-state index in [4.69, 9.17) is 9.47 Å². The van der Waals surface area contributed by atoms with Crippen LogP contribution in [0.25, 0.3) is 16.6 Å². The molecular weight excluding hydrogens is 503 g/mol. The summed E-state index contributed by atoms with van der Waals surface area (Å²) in [5.41, 5.74) is 0.261. The van der Waals surface area contributed by atoms with Gasteiger partial charge in [-0.2, -0.15) is 0 Å². The minimum absolute atomic E-state index is 0.222. The van der Waals surface area contributed by atoms with Crippen LogP contribution >= 0.6 is 0 Å². The second-order valence-electron chi connectivity index (χ2n) is 9.00. The van der Waals surface area contributed by atoms with E-state index in [1.165, 1.54) is 33.1 Å². The zero-order chi connectivity index (χ0) is 27.8. The van der Waals surface area contributed by atoms with E-state index in [9.17, 15) is 27.9 Å². The fourth-order valence-corrected chi connectivity index (χ4v) is 4.14. The number of carboxylic acids is 1. The van der Waals surface area contributed by atoms with Gasteiger partial charge < -0.3 is 23.9 Å². The van der Waals surface area contributed by atoms with Crippen LogP contribution in [0.2, 0.25) is 0 Å². The summed E-state index contributed by atoms with van der Waals surface area (Å²) in [6.45, 7) is 4.46. The van der Waals surface area contributed by atoms with E-state index in [0.29, 0.717) is 28.1 Å². The normalized spacial score (nSPS) is 11.9. The lowest BCUT2D eigenvalue weighted by Crippen LogP contribution is -2.37. The molecule has 4 rings (SSSR count). The number of halogens is 3. The number of carbonyl (C=O) groups excluding carboxylic acids is 1. The molecule has 0 bridgehead atoms. The highest BCUT2D eigenvalue weighted by Gasteiger charge is 2.32. The number of carboxylic acid groups (broad SMARTS) is 1. The fourth-order valence-electron chi connectivity index (χ4n) is 4.14. The first kappa shape index (κ1) is 26.6. The molecule has 0 spiro atoms. The van der Waals surface area contributed by atoms with E-state index in [0.717, 1.165) is 6.07 Å². The van der Waals surface area contributed by atoms with Crippen molar-refractivity contribution in [2.45, 2.75) is 32.7 Å². The maximum atomic E-state index is 13.7. The molecule has 4 aromatic rings. The van der Waals surface area contributed by atoms with Crippen molar-refractivity contribution in [1.82, 2.24) is 4.57 Å². The van der Waals surface area contributed by atoms with Gasteiger partial charge in [-0.25, -0.2) is 4.79 Å². The summed E-state index contributed by atoms with van der Waals surface area (Å²) in [6.07, 6.45) is -4.91. The van der Waals surface area contributed by atoms with Crippen LogP contribution in [0.5, 0.6) is 17.2 Å². The number of ketones is 1. The number of nitrogens with zero attached hydrogens (tertiary/aromatic N) is 1. The van der Waals surface area contributed by atoms with Crippen molar-refractivity contribution in [3.05, 3.63) is 83.6 Å². The SMILES string of the molecule is COc1cccc(C(=O)c2c(C)n(-c3cccc(OC(C)(C)C(=O)O)c3)c3cc(OC(F)(F)F)ccc23)c1. The summed E-state index contributed by atoms with van der Waals surface area (Å²) < 4.78 is 55.6. The van der Waals surface area contributed by atoms with Gasteiger partial charge in [0, 0.05) is 34.5 Å². The topological polar surface area (TPSA) is 87.0 Å². The van der Waals surface area contributed by atoms with Crippen molar-refractivity contribution < 1.29 is 42.1 Å². The van der Waals surface area contributed by atoms with E-state index in [1.807, 2.05) is 0 Å². The minimum atomic E-state index is -4.91. The number of aromatic nitrogens is 1. The third kappa shape index (κ3) is 5.29. The van der Waals surface area contributed by atoms with Gasteiger partial charge in [-0.15, -0.1) is 13.2 Å². The molecule has 0 saturated heterocycles. The second kappa shape index (κ2) is 9.77. The predicted octanol–water partition coefficient (Wildman–Crippen LogP) is 6.32. The van der Waals surface area contributed by atoms with Crippen molar-refractivity contribution in [3.63, 3.8) is 0 Å². The number of hydrogen-bond donors (Lipinski definition) is 1. The van der Waals surface area contributed by atoms with Crippen molar-refractivity contribution >= 4 is 22.7 Å². The average molecular weight is 527 g/mol. The Morgan fingerprint density at radius 3 is 2.18 bits per heavy atom. The van der Waals surface area contributed by atoms with Crippen LogP contribution in [-0.4, -0.2) is 40.5 Å². The number of aliphatic carboxylic acids is 1. The standard InChI is InChI=1S/C28H24F3NO6/c1-16-24(25(33)17-7-5-9-19(13-17)36-4)22-12-11-21(38-28(29,30)31)15-23(22)32(16)18-8-6-10-20(14-18)37-27(2,3)26(34)35/h5-15H,1-4H3,(H,34,35). The van der Waals surface area contributed by atoms with Gasteiger partial charge >= 0.3 is 12.3 Å². The first-order valence-electron chi connectivity index (χ1n) is 11.4. The van der Waals surface area contributed by atoms with Gasteiger partial charge in [0.1, 0.15) is 17.2 Å². The molecule has 7 nitrogen and oxygen atoms in total. The second-order valence-corrected chi connectivity index (χ2v) is 9.00. The van der Waals surface area contributed by atoms with E-state index in [-0.39, 0.29) is 22.6 Å². The number of hydrogen-bond acceptors (Lipinski definition) is 5. The Labute approximate surface area is 216 Å². The highest BCUT2D eigenvalue weighted by atomic mass is 19.4. The van der Waals surface area contributed by atoms with E-state index in [2.05, 4.69) is 4.74 Å². The lowest BCUT2D eigenvalue weighted by Gasteiger charge is -2.22. The summed E-state index contributed by atoms with van der Waals surface area (Å²) >= 11 is 0. The minimum Gasteiger partial charge on any atom is -0.497 e. The van der Waals surface area contributed by atoms with Crippen LogP contribution in [0.3, 0.4) is 0 Å². The highest BCUT2D eigenvalue weighted by Crippen LogP contribution is 2.36. The predicted molar refractivity (Wildman–Crippen MR) is 133 cm³/mol. The summed E-state index contributed by atoms with van der Waals surface area (Å²) in [7, 11) is 1.48. The highest BCUT2D eigenvalue weighted by molar-refractivity contribution is 6.18. The molecule has 0 atom stereocenters. The monoisotopic (exact) mass is 527 g/mol. The fraction of sp³-hybridized carbons (Fsp3) is 0.214. The number of carbonyl (C=O) groups is 2. The maximum Gasteiger partial charge on any atom is 0.573 e. The van der Waals surface area contributed by atoms with Crippen LogP contribution in [-0.2, 0) is 4.79 Å². The summed E-state index contributed by atoms with van der Waals surface area (Å²) in [5.74, 6) is -1.29. The molecule has 10 heteroatoms. The first-order valence-corrected chi connectivity index (χ1v) is 11.4. The number of rotatable bonds is 8. The van der Waals surface area contributed by atoms with Crippen LogP contribution in [0, 0.1) is 6.92 Å². The molecule has 1 aromatic heterocycles. The number of ether oxygens (including phenoxy) is 3. The van der Waals surface area contributed by atoms with Gasteiger partial charge in [-0.1, -0.05) is 18.2 Å².